The number of nitrogens with two attached hydrogens (primary N) is 1. The molecule has 4 heteroatoms. The average Bonchev–Trinajstić information content (AvgIpc) is 2.50. The summed E-state index contributed by atoms with van der Waals surface area (Å²) < 4.78 is 0. The number of fused-ring (bicyclic) bond motifs is 1. The van der Waals surface area contributed by atoms with Crippen molar-refractivity contribution >= 4 is 16.9 Å². The normalized spacial score (nSPS) is 22.9. The Hall–Kier alpha value is -1.68. The predicted molar refractivity (Wildman–Crippen MR) is 82.8 cm³/mol. The summed E-state index contributed by atoms with van der Waals surface area (Å²) in [5.41, 5.74) is 7.93. The highest BCUT2D eigenvalue weighted by Gasteiger charge is 2.24. The van der Waals surface area contributed by atoms with Gasteiger partial charge in [-0.2, -0.15) is 0 Å². The van der Waals surface area contributed by atoms with Gasteiger partial charge in [0, 0.05) is 18.6 Å². The van der Waals surface area contributed by atoms with E-state index in [2.05, 4.69) is 16.8 Å². The van der Waals surface area contributed by atoms with Crippen LogP contribution in [0.4, 0.5) is 5.82 Å². The monoisotopic (exact) mass is 270 g/mol. The first kappa shape index (κ1) is 13.3. The Bertz CT molecular complexity index is 575. The fraction of sp³-hybridized carbons (Fsp3) is 0.500. The van der Waals surface area contributed by atoms with Gasteiger partial charge in [-0.1, -0.05) is 12.1 Å². The van der Waals surface area contributed by atoms with Gasteiger partial charge < -0.3 is 10.6 Å². The van der Waals surface area contributed by atoms with Crippen molar-refractivity contribution in [1.29, 1.82) is 0 Å². The van der Waals surface area contributed by atoms with Gasteiger partial charge in [0.15, 0.2) is 0 Å². The molecule has 0 aliphatic heterocycles. The van der Waals surface area contributed by atoms with Crippen LogP contribution in [0.5, 0.6) is 0 Å². The van der Waals surface area contributed by atoms with E-state index in [1.54, 1.807) is 0 Å². The molecule has 1 aliphatic carbocycles. The molecular formula is C16H22N4. The Morgan fingerprint density at radius 2 is 1.85 bits per heavy atom. The van der Waals surface area contributed by atoms with Crippen LogP contribution < -0.4 is 10.6 Å². The van der Waals surface area contributed by atoms with Crippen LogP contribution in [0, 0.1) is 0 Å². The van der Waals surface area contributed by atoms with Crippen molar-refractivity contribution in [2.45, 2.75) is 44.7 Å². The molecule has 20 heavy (non-hydrogen) atoms. The molecule has 0 unspecified atom stereocenters. The lowest BCUT2D eigenvalue weighted by atomic mass is 9.91. The summed E-state index contributed by atoms with van der Waals surface area (Å²) in [6.07, 6.45) is 6.44. The Kier molecular flexibility index (Phi) is 3.83. The lowest BCUT2D eigenvalue weighted by Crippen LogP contribution is -2.41. The van der Waals surface area contributed by atoms with Crippen LogP contribution in [0.2, 0.25) is 0 Å². The second-order valence-electron chi connectivity index (χ2n) is 5.57. The van der Waals surface area contributed by atoms with E-state index in [1.165, 1.54) is 0 Å². The largest absolute Gasteiger partial charge is 0.353 e. The molecule has 2 aromatic rings. The van der Waals surface area contributed by atoms with Gasteiger partial charge in [0.1, 0.15) is 5.82 Å². The minimum atomic E-state index is 0.382. The van der Waals surface area contributed by atoms with E-state index >= 15 is 0 Å². The van der Waals surface area contributed by atoms with Crippen molar-refractivity contribution in [1.82, 2.24) is 9.97 Å². The number of aromatic nitrogens is 2. The summed E-state index contributed by atoms with van der Waals surface area (Å²) in [5.74, 6) is 0.992. The molecule has 0 saturated heterocycles. The van der Waals surface area contributed by atoms with Crippen molar-refractivity contribution in [2.75, 3.05) is 11.4 Å². The fourth-order valence-electron chi connectivity index (χ4n) is 3.11. The maximum atomic E-state index is 6.01. The van der Waals surface area contributed by atoms with E-state index in [0.717, 1.165) is 49.1 Å². The van der Waals surface area contributed by atoms with Crippen LogP contribution in [0.15, 0.2) is 30.5 Å². The SMILES string of the molecule is CCN(c1cnc2ccccc2n1)C1CCC(N)CC1. The number of hydrogen-bond acceptors (Lipinski definition) is 4. The van der Waals surface area contributed by atoms with Gasteiger partial charge in [0.25, 0.3) is 0 Å². The average molecular weight is 270 g/mol. The summed E-state index contributed by atoms with van der Waals surface area (Å²) in [7, 11) is 0. The molecule has 1 aromatic carbocycles. The van der Waals surface area contributed by atoms with Gasteiger partial charge in [-0.3, -0.25) is 4.98 Å². The van der Waals surface area contributed by atoms with E-state index in [1.807, 2.05) is 30.5 Å². The lowest BCUT2D eigenvalue weighted by Gasteiger charge is -2.36. The number of para-hydroxylation sites is 2. The van der Waals surface area contributed by atoms with Crippen LogP contribution in [-0.4, -0.2) is 28.6 Å². The lowest BCUT2D eigenvalue weighted by molar-refractivity contribution is 0.377. The first-order valence-electron chi connectivity index (χ1n) is 7.52. The number of hydrogen-bond donors (Lipinski definition) is 1. The molecule has 0 amide bonds. The molecule has 1 fully saturated rings. The van der Waals surface area contributed by atoms with Gasteiger partial charge >= 0.3 is 0 Å². The molecule has 1 heterocycles. The summed E-state index contributed by atoms with van der Waals surface area (Å²) in [5, 5.41) is 0. The highest BCUT2D eigenvalue weighted by Crippen LogP contribution is 2.26. The van der Waals surface area contributed by atoms with Gasteiger partial charge in [0.05, 0.1) is 17.2 Å². The summed E-state index contributed by atoms with van der Waals surface area (Å²) >= 11 is 0. The molecule has 0 spiro atoms. The van der Waals surface area contributed by atoms with Crippen molar-refractivity contribution < 1.29 is 0 Å². The van der Waals surface area contributed by atoms with Crippen LogP contribution in [-0.2, 0) is 0 Å². The standard InChI is InChI=1S/C16H22N4/c1-2-20(13-9-7-12(17)8-10-13)16-11-18-14-5-3-4-6-15(14)19-16/h3-6,11-13H,2,7-10,17H2,1H3. The maximum Gasteiger partial charge on any atom is 0.148 e. The van der Waals surface area contributed by atoms with Crippen molar-refractivity contribution in [3.05, 3.63) is 30.5 Å². The third kappa shape index (κ3) is 2.61. The van der Waals surface area contributed by atoms with E-state index < -0.39 is 0 Å². The Balaban J connectivity index is 1.87. The number of anilines is 1. The third-order valence-corrected chi connectivity index (χ3v) is 4.25. The minimum absolute atomic E-state index is 0.382. The van der Waals surface area contributed by atoms with E-state index in [9.17, 15) is 0 Å². The Morgan fingerprint density at radius 3 is 2.55 bits per heavy atom. The molecule has 1 aliphatic rings. The maximum absolute atomic E-state index is 6.01. The molecule has 2 N–H and O–H groups in total. The Labute approximate surface area is 120 Å². The van der Waals surface area contributed by atoms with Crippen molar-refractivity contribution in [3.63, 3.8) is 0 Å². The minimum Gasteiger partial charge on any atom is -0.353 e. The second kappa shape index (κ2) is 5.75. The summed E-state index contributed by atoms with van der Waals surface area (Å²) in [6, 6.07) is 8.97. The highest BCUT2D eigenvalue weighted by molar-refractivity contribution is 5.75. The first-order valence-corrected chi connectivity index (χ1v) is 7.52. The smallest absolute Gasteiger partial charge is 0.148 e. The number of nitrogens with zero attached hydrogens (tertiary/aromatic N) is 3. The van der Waals surface area contributed by atoms with E-state index in [4.69, 9.17) is 10.7 Å². The fourth-order valence-corrected chi connectivity index (χ4v) is 3.11. The predicted octanol–water partition coefficient (Wildman–Crippen LogP) is 2.73. The van der Waals surface area contributed by atoms with Gasteiger partial charge in [0.2, 0.25) is 0 Å². The third-order valence-electron chi connectivity index (χ3n) is 4.25. The molecule has 0 atom stereocenters. The highest BCUT2D eigenvalue weighted by atomic mass is 15.2. The molecule has 4 nitrogen and oxygen atoms in total. The quantitative estimate of drug-likeness (QED) is 0.931. The zero-order valence-electron chi connectivity index (χ0n) is 12.0. The first-order chi connectivity index (χ1) is 9.78. The molecule has 0 bridgehead atoms. The van der Waals surface area contributed by atoms with Gasteiger partial charge in [-0.25, -0.2) is 4.98 Å². The molecule has 106 valence electrons. The zero-order chi connectivity index (χ0) is 13.9. The molecule has 0 radical (unpaired) electrons. The summed E-state index contributed by atoms with van der Waals surface area (Å²) in [6.45, 7) is 3.15. The Morgan fingerprint density at radius 1 is 1.15 bits per heavy atom. The van der Waals surface area contributed by atoms with E-state index in [0.29, 0.717) is 12.1 Å². The summed E-state index contributed by atoms with van der Waals surface area (Å²) in [4.78, 5) is 11.7. The van der Waals surface area contributed by atoms with E-state index in [-0.39, 0.29) is 0 Å². The number of rotatable bonds is 3. The van der Waals surface area contributed by atoms with Crippen LogP contribution in [0.1, 0.15) is 32.6 Å². The van der Waals surface area contributed by atoms with Crippen molar-refractivity contribution in [3.8, 4) is 0 Å². The van der Waals surface area contributed by atoms with Gasteiger partial charge in [-0.15, -0.1) is 0 Å². The zero-order valence-corrected chi connectivity index (χ0v) is 12.0. The van der Waals surface area contributed by atoms with Gasteiger partial charge in [-0.05, 0) is 44.7 Å². The van der Waals surface area contributed by atoms with Crippen LogP contribution >= 0.6 is 0 Å². The van der Waals surface area contributed by atoms with Crippen LogP contribution in [0.3, 0.4) is 0 Å². The van der Waals surface area contributed by atoms with Crippen molar-refractivity contribution in [2.24, 2.45) is 5.73 Å². The molecule has 1 aromatic heterocycles. The second-order valence-corrected chi connectivity index (χ2v) is 5.57. The molecule has 1 saturated carbocycles. The topological polar surface area (TPSA) is 55.0 Å². The number of benzene rings is 1. The van der Waals surface area contributed by atoms with Crippen LogP contribution in [0.25, 0.3) is 11.0 Å². The molecule has 3 rings (SSSR count). The molecular weight excluding hydrogens is 248 g/mol.